The Bertz CT molecular complexity index is 1370. The molecule has 34 heavy (non-hydrogen) atoms. The van der Waals surface area contributed by atoms with Gasteiger partial charge in [0.25, 0.3) is 0 Å². The van der Waals surface area contributed by atoms with Crippen LogP contribution in [0.3, 0.4) is 0 Å². The summed E-state index contributed by atoms with van der Waals surface area (Å²) >= 11 is 0. The van der Waals surface area contributed by atoms with Crippen molar-refractivity contribution in [1.29, 1.82) is 0 Å². The first-order valence-electron chi connectivity index (χ1n) is 10.6. The third-order valence-corrected chi connectivity index (χ3v) is 6.05. The van der Waals surface area contributed by atoms with Crippen LogP contribution in [0.5, 0.6) is 0 Å². The number of piperidine rings is 1. The van der Waals surface area contributed by atoms with Crippen molar-refractivity contribution in [3.8, 4) is 0 Å². The number of carboxylic acid groups (broad SMARTS) is 1. The van der Waals surface area contributed by atoms with Gasteiger partial charge in [-0.25, -0.2) is 37.9 Å². The van der Waals surface area contributed by atoms with Crippen molar-refractivity contribution in [1.82, 2.24) is 24.5 Å². The molecule has 0 amide bonds. The van der Waals surface area contributed by atoms with E-state index in [9.17, 15) is 13.6 Å². The topological polar surface area (TPSA) is 97.0 Å². The van der Waals surface area contributed by atoms with Gasteiger partial charge in [0.05, 0.1) is 29.0 Å². The number of carbonyl (C=O) groups is 1. The van der Waals surface area contributed by atoms with Crippen LogP contribution in [-0.4, -0.2) is 48.7 Å². The lowest BCUT2D eigenvalue weighted by Gasteiger charge is -2.32. The number of rotatable bonds is 5. The molecule has 11 heteroatoms. The molecule has 0 saturated carbocycles. The van der Waals surface area contributed by atoms with Crippen molar-refractivity contribution in [2.75, 3.05) is 18.0 Å². The Morgan fingerprint density at radius 1 is 1.03 bits per heavy atom. The molecule has 0 radical (unpaired) electrons. The van der Waals surface area contributed by atoms with Crippen LogP contribution in [0.1, 0.15) is 40.5 Å². The van der Waals surface area contributed by atoms with E-state index in [1.54, 1.807) is 4.57 Å². The molecule has 0 unspecified atom stereocenters. The average molecular weight is 468 g/mol. The van der Waals surface area contributed by atoms with Gasteiger partial charge in [-0.15, -0.1) is 0 Å². The smallest absolute Gasteiger partial charge is 0.335 e. The number of anilines is 1. The second-order valence-corrected chi connectivity index (χ2v) is 8.11. The fourth-order valence-corrected chi connectivity index (χ4v) is 4.33. The molecule has 1 fully saturated rings. The molecule has 3 aromatic heterocycles. The van der Waals surface area contributed by atoms with Crippen LogP contribution >= 0.6 is 0 Å². The van der Waals surface area contributed by atoms with Crippen molar-refractivity contribution < 1.29 is 23.1 Å². The van der Waals surface area contributed by atoms with Crippen molar-refractivity contribution >= 4 is 23.0 Å². The van der Waals surface area contributed by atoms with Gasteiger partial charge in [0.2, 0.25) is 5.95 Å². The first kappa shape index (κ1) is 21.8. The lowest BCUT2D eigenvalue weighted by molar-refractivity contribution is 0.0696. The van der Waals surface area contributed by atoms with Gasteiger partial charge in [0.1, 0.15) is 17.8 Å². The summed E-state index contributed by atoms with van der Waals surface area (Å²) < 4.78 is 44.4. The van der Waals surface area contributed by atoms with Crippen molar-refractivity contribution in [3.05, 3.63) is 77.4 Å². The molecular weight excluding hydrogens is 449 g/mol. The molecule has 174 valence electrons. The van der Waals surface area contributed by atoms with E-state index < -0.39 is 23.4 Å². The fraction of sp³-hybridized carbons (Fsp3) is 0.261. The van der Waals surface area contributed by atoms with Crippen LogP contribution in [0.4, 0.5) is 19.1 Å². The second kappa shape index (κ2) is 8.73. The van der Waals surface area contributed by atoms with Gasteiger partial charge in [-0.2, -0.15) is 0 Å². The normalized spacial score (nSPS) is 14.6. The molecular formula is C23H19F3N6O2. The summed E-state index contributed by atoms with van der Waals surface area (Å²) in [5, 5.41) is 9.24. The van der Waals surface area contributed by atoms with Crippen molar-refractivity contribution in [3.63, 3.8) is 0 Å². The highest BCUT2D eigenvalue weighted by Gasteiger charge is 2.26. The minimum Gasteiger partial charge on any atom is -0.478 e. The Kier molecular flexibility index (Phi) is 5.60. The Hall–Kier alpha value is -4.02. The first-order chi connectivity index (χ1) is 16.4. The number of benzene rings is 1. The standard InChI is InChI=1S/C23H19F3N6O2/c24-15-9-27-23(28-10-15)31-5-3-16(4-6-31)32-11-18(26)20-19(29-12-30-21(20)32)8-13-1-2-14(22(33)34)7-17(13)25/h1-2,7,9-12,16H,3-6,8H2,(H,33,34). The zero-order valence-electron chi connectivity index (χ0n) is 17.8. The summed E-state index contributed by atoms with van der Waals surface area (Å²) in [5.74, 6) is -2.47. The largest absolute Gasteiger partial charge is 0.478 e. The van der Waals surface area contributed by atoms with Gasteiger partial charge in [0.15, 0.2) is 11.6 Å². The van der Waals surface area contributed by atoms with Crippen LogP contribution in [0.2, 0.25) is 0 Å². The molecule has 0 atom stereocenters. The van der Waals surface area contributed by atoms with Gasteiger partial charge in [-0.05, 0) is 30.5 Å². The Balaban J connectivity index is 1.39. The first-order valence-corrected chi connectivity index (χ1v) is 10.6. The number of carboxylic acids is 1. The predicted octanol–water partition coefficient (Wildman–Crippen LogP) is 3.77. The SMILES string of the molecule is O=C(O)c1ccc(Cc2ncnc3c2c(F)cn3C2CCN(c3ncc(F)cn3)CC2)c(F)c1. The Morgan fingerprint density at radius 3 is 2.44 bits per heavy atom. The van der Waals surface area contributed by atoms with Crippen molar-refractivity contribution in [2.24, 2.45) is 0 Å². The minimum atomic E-state index is -1.23. The number of fused-ring (bicyclic) bond motifs is 1. The van der Waals surface area contributed by atoms with Crippen LogP contribution in [0.25, 0.3) is 11.0 Å². The third-order valence-electron chi connectivity index (χ3n) is 6.05. The number of nitrogens with zero attached hydrogens (tertiary/aromatic N) is 6. The lowest BCUT2D eigenvalue weighted by Crippen LogP contribution is -2.35. The zero-order valence-corrected chi connectivity index (χ0v) is 17.8. The molecule has 1 aliphatic rings. The van der Waals surface area contributed by atoms with Gasteiger partial charge in [-0.3, -0.25) is 0 Å². The molecule has 0 spiro atoms. The molecule has 4 heterocycles. The molecule has 1 aliphatic heterocycles. The highest BCUT2D eigenvalue weighted by atomic mass is 19.1. The van der Waals surface area contributed by atoms with E-state index in [2.05, 4.69) is 19.9 Å². The highest BCUT2D eigenvalue weighted by molar-refractivity contribution is 5.87. The molecule has 0 bridgehead atoms. The number of halogens is 3. The third kappa shape index (κ3) is 4.04. The van der Waals surface area contributed by atoms with E-state index in [1.165, 1.54) is 24.7 Å². The number of hydrogen-bond acceptors (Lipinski definition) is 6. The summed E-state index contributed by atoms with van der Waals surface area (Å²) in [6, 6.07) is 3.59. The number of aromatic carboxylic acids is 1. The summed E-state index contributed by atoms with van der Waals surface area (Å²) in [6.07, 6.45) is 6.30. The van der Waals surface area contributed by atoms with Crippen LogP contribution in [-0.2, 0) is 6.42 Å². The molecule has 0 aliphatic carbocycles. The van der Waals surface area contributed by atoms with Gasteiger partial charge in [-0.1, -0.05) is 6.07 Å². The average Bonchev–Trinajstić information content (AvgIpc) is 3.18. The van der Waals surface area contributed by atoms with E-state index in [0.29, 0.717) is 43.2 Å². The van der Waals surface area contributed by atoms with E-state index >= 15 is 4.39 Å². The predicted molar refractivity (Wildman–Crippen MR) is 116 cm³/mol. The minimum absolute atomic E-state index is 0.00790. The van der Waals surface area contributed by atoms with E-state index in [-0.39, 0.29) is 29.0 Å². The van der Waals surface area contributed by atoms with Crippen LogP contribution < -0.4 is 4.90 Å². The molecule has 5 rings (SSSR count). The Morgan fingerprint density at radius 2 is 1.76 bits per heavy atom. The van der Waals surface area contributed by atoms with Crippen LogP contribution in [0.15, 0.2) is 43.1 Å². The summed E-state index contributed by atoms with van der Waals surface area (Å²) in [4.78, 5) is 29.5. The zero-order chi connectivity index (χ0) is 23.8. The van der Waals surface area contributed by atoms with Crippen LogP contribution in [0, 0.1) is 17.5 Å². The van der Waals surface area contributed by atoms with Gasteiger partial charge < -0.3 is 14.6 Å². The van der Waals surface area contributed by atoms with E-state index in [4.69, 9.17) is 5.11 Å². The maximum Gasteiger partial charge on any atom is 0.335 e. The van der Waals surface area contributed by atoms with E-state index in [1.807, 2.05) is 4.90 Å². The second-order valence-electron chi connectivity index (χ2n) is 8.11. The fourth-order valence-electron chi connectivity index (χ4n) is 4.33. The monoisotopic (exact) mass is 468 g/mol. The molecule has 1 saturated heterocycles. The molecule has 1 aromatic carbocycles. The molecule has 4 aromatic rings. The number of aromatic nitrogens is 5. The summed E-state index contributed by atoms with van der Waals surface area (Å²) in [7, 11) is 0. The van der Waals surface area contributed by atoms with Gasteiger partial charge in [0, 0.05) is 31.7 Å². The summed E-state index contributed by atoms with van der Waals surface area (Å²) in [6.45, 7) is 1.22. The summed E-state index contributed by atoms with van der Waals surface area (Å²) in [5.41, 5.74) is 0.787. The molecule has 1 N–H and O–H groups in total. The maximum absolute atomic E-state index is 15.0. The van der Waals surface area contributed by atoms with E-state index in [0.717, 1.165) is 18.5 Å². The number of hydrogen-bond donors (Lipinski definition) is 1. The lowest BCUT2D eigenvalue weighted by atomic mass is 10.0. The highest BCUT2D eigenvalue weighted by Crippen LogP contribution is 2.31. The van der Waals surface area contributed by atoms with Crippen molar-refractivity contribution in [2.45, 2.75) is 25.3 Å². The maximum atomic E-state index is 15.0. The molecule has 8 nitrogen and oxygen atoms in total. The Labute approximate surface area is 191 Å². The quantitative estimate of drug-likeness (QED) is 0.476. The van der Waals surface area contributed by atoms with Gasteiger partial charge >= 0.3 is 5.97 Å².